The molecule has 0 unspecified atom stereocenters. The van der Waals surface area contributed by atoms with Crippen molar-refractivity contribution < 1.29 is 9.59 Å². The standard InChI is InChI=1S/C16H20BrN3O2/c17-12-2-1-3-13(8-12)20-7-5-14(16(20)22)15(21)19-6-4-11(9-18)10-19/h1-3,8,11,14H,4-7,9-10,18H2/t11-,14+/m0/s1. The van der Waals surface area contributed by atoms with Crippen LogP contribution in [0.1, 0.15) is 12.8 Å². The lowest BCUT2D eigenvalue weighted by Gasteiger charge is -2.21. The third-order valence-corrected chi connectivity index (χ3v) is 5.05. The van der Waals surface area contributed by atoms with Gasteiger partial charge >= 0.3 is 0 Å². The third-order valence-electron chi connectivity index (χ3n) is 4.55. The fraction of sp³-hybridized carbons (Fsp3) is 0.500. The third kappa shape index (κ3) is 2.90. The van der Waals surface area contributed by atoms with E-state index in [1.54, 1.807) is 4.90 Å². The molecule has 0 bridgehead atoms. The predicted octanol–water partition coefficient (Wildman–Crippen LogP) is 1.61. The van der Waals surface area contributed by atoms with Crippen LogP contribution in [-0.4, -0.2) is 42.9 Å². The normalized spacial score (nSPS) is 25.1. The van der Waals surface area contributed by atoms with Gasteiger partial charge in [0.1, 0.15) is 5.92 Å². The minimum absolute atomic E-state index is 0.0292. The van der Waals surface area contributed by atoms with E-state index in [9.17, 15) is 9.59 Å². The van der Waals surface area contributed by atoms with Gasteiger partial charge in [0, 0.05) is 29.8 Å². The summed E-state index contributed by atoms with van der Waals surface area (Å²) in [6.07, 6.45) is 1.53. The number of halogens is 1. The maximum Gasteiger partial charge on any atom is 0.239 e. The van der Waals surface area contributed by atoms with Gasteiger partial charge < -0.3 is 15.5 Å². The zero-order valence-electron chi connectivity index (χ0n) is 12.4. The molecule has 118 valence electrons. The van der Waals surface area contributed by atoms with Crippen LogP contribution in [0.2, 0.25) is 0 Å². The molecule has 2 aliphatic heterocycles. The van der Waals surface area contributed by atoms with Gasteiger partial charge in [-0.25, -0.2) is 0 Å². The van der Waals surface area contributed by atoms with Crippen LogP contribution in [0.3, 0.4) is 0 Å². The SMILES string of the molecule is NC[C@@H]1CCN(C(=O)[C@H]2CCN(c3cccc(Br)c3)C2=O)C1. The quantitative estimate of drug-likeness (QED) is 0.827. The highest BCUT2D eigenvalue weighted by Crippen LogP contribution is 2.29. The van der Waals surface area contributed by atoms with Gasteiger partial charge in [0.25, 0.3) is 0 Å². The summed E-state index contributed by atoms with van der Waals surface area (Å²) in [5, 5.41) is 0. The molecule has 6 heteroatoms. The predicted molar refractivity (Wildman–Crippen MR) is 88.3 cm³/mol. The van der Waals surface area contributed by atoms with Gasteiger partial charge in [-0.05, 0) is 43.5 Å². The summed E-state index contributed by atoms with van der Waals surface area (Å²) in [5.41, 5.74) is 6.52. The van der Waals surface area contributed by atoms with Crippen molar-refractivity contribution in [3.63, 3.8) is 0 Å². The number of anilines is 1. The molecule has 2 N–H and O–H groups in total. The highest BCUT2D eigenvalue weighted by Gasteiger charge is 2.41. The second-order valence-electron chi connectivity index (χ2n) is 5.99. The van der Waals surface area contributed by atoms with Gasteiger partial charge in [0.15, 0.2) is 0 Å². The maximum absolute atomic E-state index is 12.6. The van der Waals surface area contributed by atoms with E-state index in [0.29, 0.717) is 32.0 Å². The summed E-state index contributed by atoms with van der Waals surface area (Å²) in [6.45, 7) is 2.61. The van der Waals surface area contributed by atoms with E-state index in [0.717, 1.165) is 23.1 Å². The van der Waals surface area contributed by atoms with Gasteiger partial charge in [-0.3, -0.25) is 9.59 Å². The number of benzene rings is 1. The van der Waals surface area contributed by atoms with Gasteiger partial charge in [-0.1, -0.05) is 22.0 Å². The second-order valence-corrected chi connectivity index (χ2v) is 6.90. The van der Waals surface area contributed by atoms with Crippen molar-refractivity contribution >= 4 is 33.4 Å². The molecule has 3 rings (SSSR count). The number of hydrogen-bond donors (Lipinski definition) is 1. The van der Waals surface area contributed by atoms with Crippen molar-refractivity contribution in [1.29, 1.82) is 0 Å². The minimum atomic E-state index is -0.532. The van der Waals surface area contributed by atoms with Crippen LogP contribution in [0.4, 0.5) is 5.69 Å². The first-order chi connectivity index (χ1) is 10.6. The van der Waals surface area contributed by atoms with Gasteiger partial charge in [-0.15, -0.1) is 0 Å². The van der Waals surface area contributed by atoms with Crippen LogP contribution in [0.15, 0.2) is 28.7 Å². The highest BCUT2D eigenvalue weighted by molar-refractivity contribution is 9.10. The summed E-state index contributed by atoms with van der Waals surface area (Å²) in [7, 11) is 0. The molecule has 1 aromatic carbocycles. The molecule has 1 aromatic rings. The Balaban J connectivity index is 1.70. The summed E-state index contributed by atoms with van der Waals surface area (Å²) < 4.78 is 0.929. The number of rotatable bonds is 3. The number of amides is 2. The highest BCUT2D eigenvalue weighted by atomic mass is 79.9. The summed E-state index contributed by atoms with van der Waals surface area (Å²) in [5.74, 6) is -0.269. The lowest BCUT2D eigenvalue weighted by molar-refractivity contribution is -0.139. The zero-order valence-corrected chi connectivity index (χ0v) is 14.0. The van der Waals surface area contributed by atoms with E-state index >= 15 is 0 Å². The first-order valence-electron chi connectivity index (χ1n) is 7.66. The molecular formula is C16H20BrN3O2. The Morgan fingerprint density at radius 2 is 2.14 bits per heavy atom. The number of likely N-dealkylation sites (tertiary alicyclic amines) is 1. The molecule has 5 nitrogen and oxygen atoms in total. The Labute approximate surface area is 138 Å². The van der Waals surface area contributed by atoms with E-state index in [-0.39, 0.29) is 11.8 Å². The van der Waals surface area contributed by atoms with Crippen molar-refractivity contribution in [2.24, 2.45) is 17.6 Å². The summed E-state index contributed by atoms with van der Waals surface area (Å²) in [6, 6.07) is 7.62. The van der Waals surface area contributed by atoms with Crippen LogP contribution < -0.4 is 10.6 Å². The van der Waals surface area contributed by atoms with E-state index in [1.807, 2.05) is 29.2 Å². The van der Waals surface area contributed by atoms with E-state index in [1.165, 1.54) is 0 Å². The molecule has 2 heterocycles. The molecule has 0 spiro atoms. The summed E-state index contributed by atoms with van der Waals surface area (Å²) in [4.78, 5) is 28.7. The average molecular weight is 366 g/mol. The number of carbonyl (C=O) groups excluding carboxylic acids is 2. The minimum Gasteiger partial charge on any atom is -0.342 e. The topological polar surface area (TPSA) is 66.6 Å². The van der Waals surface area contributed by atoms with Crippen LogP contribution in [-0.2, 0) is 9.59 Å². The average Bonchev–Trinajstić information content (AvgIpc) is 3.13. The van der Waals surface area contributed by atoms with Crippen LogP contribution in [0.25, 0.3) is 0 Å². The number of carbonyl (C=O) groups is 2. The zero-order chi connectivity index (χ0) is 15.7. The molecular weight excluding hydrogens is 346 g/mol. The summed E-state index contributed by atoms with van der Waals surface area (Å²) >= 11 is 3.42. The number of nitrogens with zero attached hydrogens (tertiary/aromatic N) is 2. The van der Waals surface area contributed by atoms with Crippen molar-refractivity contribution in [3.05, 3.63) is 28.7 Å². The molecule has 2 atom stereocenters. The van der Waals surface area contributed by atoms with Crippen LogP contribution in [0.5, 0.6) is 0 Å². The van der Waals surface area contributed by atoms with E-state index in [2.05, 4.69) is 15.9 Å². The molecule has 2 aliphatic rings. The monoisotopic (exact) mass is 365 g/mol. The molecule has 0 aromatic heterocycles. The lowest BCUT2D eigenvalue weighted by atomic mass is 10.1. The van der Waals surface area contributed by atoms with Gasteiger partial charge in [-0.2, -0.15) is 0 Å². The maximum atomic E-state index is 12.6. The second kappa shape index (κ2) is 6.38. The smallest absolute Gasteiger partial charge is 0.239 e. The number of nitrogens with two attached hydrogens (primary N) is 1. The van der Waals surface area contributed by atoms with Gasteiger partial charge in [0.2, 0.25) is 11.8 Å². The fourth-order valence-corrected chi connectivity index (χ4v) is 3.64. The Morgan fingerprint density at radius 1 is 1.32 bits per heavy atom. The largest absolute Gasteiger partial charge is 0.342 e. The van der Waals surface area contributed by atoms with Crippen molar-refractivity contribution in [3.8, 4) is 0 Å². The molecule has 22 heavy (non-hydrogen) atoms. The van der Waals surface area contributed by atoms with Crippen molar-refractivity contribution in [2.45, 2.75) is 12.8 Å². The van der Waals surface area contributed by atoms with Gasteiger partial charge in [0.05, 0.1) is 0 Å². The fourth-order valence-electron chi connectivity index (χ4n) is 3.26. The Hall–Kier alpha value is -1.40. The van der Waals surface area contributed by atoms with Crippen LogP contribution in [0, 0.1) is 11.8 Å². The Bertz CT molecular complexity index is 593. The first-order valence-corrected chi connectivity index (χ1v) is 8.45. The Morgan fingerprint density at radius 3 is 2.82 bits per heavy atom. The lowest BCUT2D eigenvalue weighted by Crippen LogP contribution is -2.39. The van der Waals surface area contributed by atoms with Crippen molar-refractivity contribution in [1.82, 2.24) is 4.90 Å². The molecule has 0 saturated carbocycles. The molecule has 2 fully saturated rings. The Kier molecular flexibility index (Phi) is 4.49. The molecule has 2 amide bonds. The molecule has 0 radical (unpaired) electrons. The first kappa shape index (κ1) is 15.5. The van der Waals surface area contributed by atoms with E-state index < -0.39 is 5.92 Å². The molecule has 0 aliphatic carbocycles. The van der Waals surface area contributed by atoms with Crippen molar-refractivity contribution in [2.75, 3.05) is 31.1 Å². The van der Waals surface area contributed by atoms with Crippen LogP contribution >= 0.6 is 15.9 Å². The molecule has 2 saturated heterocycles. The van der Waals surface area contributed by atoms with E-state index in [4.69, 9.17) is 5.73 Å². The number of hydrogen-bond acceptors (Lipinski definition) is 3.